The molecule has 5 nitrogen and oxygen atoms in total. The maximum atomic E-state index is 12.1. The first-order valence-corrected chi connectivity index (χ1v) is 9.33. The molecule has 2 aromatic rings. The molecule has 0 saturated heterocycles. The van der Waals surface area contributed by atoms with E-state index in [1.54, 1.807) is 12.1 Å². The summed E-state index contributed by atoms with van der Waals surface area (Å²) in [5.74, 6) is 0.660. The van der Waals surface area contributed by atoms with Crippen molar-refractivity contribution in [1.29, 1.82) is 0 Å². The second kappa shape index (κ2) is 9.76. The fraction of sp³-hybridized carbons (Fsp3) is 0.364. The molecule has 0 heterocycles. The number of benzene rings is 2. The Morgan fingerprint density at radius 2 is 1.63 bits per heavy atom. The van der Waals surface area contributed by atoms with Crippen molar-refractivity contribution < 1.29 is 14.3 Å². The average Bonchev–Trinajstić information content (AvgIpc) is 2.70. The van der Waals surface area contributed by atoms with Gasteiger partial charge in [-0.15, -0.1) is 0 Å². The van der Waals surface area contributed by atoms with E-state index in [0.29, 0.717) is 23.1 Å². The zero-order valence-electron chi connectivity index (χ0n) is 16.4. The molecular weight excluding hydrogens is 340 g/mol. The quantitative estimate of drug-likeness (QED) is 0.721. The van der Waals surface area contributed by atoms with Gasteiger partial charge in [0.1, 0.15) is 5.75 Å². The molecule has 2 amide bonds. The van der Waals surface area contributed by atoms with Gasteiger partial charge in [0.2, 0.25) is 0 Å². The Morgan fingerprint density at radius 3 is 2.26 bits per heavy atom. The van der Waals surface area contributed by atoms with E-state index in [1.807, 2.05) is 36.4 Å². The van der Waals surface area contributed by atoms with Crippen LogP contribution in [-0.2, 0) is 4.79 Å². The minimum absolute atomic E-state index is 0.167. The van der Waals surface area contributed by atoms with Crippen molar-refractivity contribution in [1.82, 2.24) is 10.9 Å². The standard InChI is InChI=1S/C22H28N2O3/c1-5-16(4)19-8-6-7-9-20(19)27-14-21(25)23-24-22(26)18-12-10-17(11-13-18)15(2)3/h6-13,15-16H,5,14H2,1-4H3,(H,23,25)(H,24,26). The molecule has 0 aliphatic rings. The van der Waals surface area contributed by atoms with Gasteiger partial charge in [-0.25, -0.2) is 0 Å². The first-order valence-electron chi connectivity index (χ1n) is 9.33. The second-order valence-electron chi connectivity index (χ2n) is 6.91. The van der Waals surface area contributed by atoms with Crippen molar-refractivity contribution in [3.63, 3.8) is 0 Å². The summed E-state index contributed by atoms with van der Waals surface area (Å²) >= 11 is 0. The van der Waals surface area contributed by atoms with E-state index in [2.05, 4.69) is 38.5 Å². The zero-order chi connectivity index (χ0) is 19.8. The van der Waals surface area contributed by atoms with Gasteiger partial charge in [0.05, 0.1) is 0 Å². The van der Waals surface area contributed by atoms with Gasteiger partial charge in [-0.2, -0.15) is 0 Å². The SMILES string of the molecule is CCC(C)c1ccccc1OCC(=O)NNC(=O)c1ccc(C(C)C)cc1. The zero-order valence-corrected chi connectivity index (χ0v) is 16.4. The van der Waals surface area contributed by atoms with E-state index in [9.17, 15) is 9.59 Å². The van der Waals surface area contributed by atoms with Crippen molar-refractivity contribution in [2.75, 3.05) is 6.61 Å². The summed E-state index contributed by atoms with van der Waals surface area (Å²) in [6.07, 6.45) is 0.984. The van der Waals surface area contributed by atoms with Crippen LogP contribution in [0.2, 0.25) is 0 Å². The molecule has 0 radical (unpaired) electrons. The fourth-order valence-corrected chi connectivity index (χ4v) is 2.64. The summed E-state index contributed by atoms with van der Waals surface area (Å²) in [5.41, 5.74) is 7.52. The van der Waals surface area contributed by atoms with Crippen LogP contribution in [0, 0.1) is 0 Å². The highest BCUT2D eigenvalue weighted by molar-refractivity contribution is 5.95. The van der Waals surface area contributed by atoms with Crippen LogP contribution in [0.4, 0.5) is 0 Å². The lowest BCUT2D eigenvalue weighted by molar-refractivity contribution is -0.123. The normalized spacial score (nSPS) is 11.7. The molecule has 0 aliphatic carbocycles. The first-order chi connectivity index (χ1) is 12.9. The van der Waals surface area contributed by atoms with Crippen LogP contribution in [-0.4, -0.2) is 18.4 Å². The van der Waals surface area contributed by atoms with E-state index in [0.717, 1.165) is 17.5 Å². The largest absolute Gasteiger partial charge is 0.483 e. The molecule has 0 bridgehead atoms. The van der Waals surface area contributed by atoms with Crippen molar-refractivity contribution in [2.45, 2.75) is 46.0 Å². The summed E-state index contributed by atoms with van der Waals surface area (Å²) in [5, 5.41) is 0. The highest BCUT2D eigenvalue weighted by Gasteiger charge is 2.12. The van der Waals surface area contributed by atoms with Gasteiger partial charge in [-0.3, -0.25) is 20.4 Å². The number of nitrogens with one attached hydrogen (secondary N) is 2. The van der Waals surface area contributed by atoms with Crippen molar-refractivity contribution in [3.05, 3.63) is 65.2 Å². The molecule has 27 heavy (non-hydrogen) atoms. The highest BCUT2D eigenvalue weighted by Crippen LogP contribution is 2.28. The van der Waals surface area contributed by atoms with Gasteiger partial charge in [-0.05, 0) is 47.6 Å². The van der Waals surface area contributed by atoms with Gasteiger partial charge in [-0.1, -0.05) is 58.0 Å². The van der Waals surface area contributed by atoms with Crippen LogP contribution in [0.25, 0.3) is 0 Å². The number of hydrogen-bond donors (Lipinski definition) is 2. The van der Waals surface area contributed by atoms with Crippen LogP contribution >= 0.6 is 0 Å². The molecule has 2 N–H and O–H groups in total. The Labute approximate surface area is 161 Å². The third-order valence-corrected chi connectivity index (χ3v) is 4.58. The molecule has 5 heteroatoms. The lowest BCUT2D eigenvalue weighted by Crippen LogP contribution is -2.43. The molecule has 0 saturated carbocycles. The predicted molar refractivity (Wildman–Crippen MR) is 107 cm³/mol. The fourth-order valence-electron chi connectivity index (χ4n) is 2.64. The van der Waals surface area contributed by atoms with E-state index in [4.69, 9.17) is 4.74 Å². The number of ether oxygens (including phenoxy) is 1. The number of para-hydroxylation sites is 1. The summed E-state index contributed by atoms with van der Waals surface area (Å²) in [4.78, 5) is 24.1. The van der Waals surface area contributed by atoms with Crippen LogP contribution in [0.3, 0.4) is 0 Å². The van der Waals surface area contributed by atoms with E-state index in [1.165, 1.54) is 0 Å². The first kappa shape index (κ1) is 20.5. The van der Waals surface area contributed by atoms with Crippen LogP contribution in [0.15, 0.2) is 48.5 Å². The monoisotopic (exact) mass is 368 g/mol. The third kappa shape index (κ3) is 5.84. The molecule has 144 valence electrons. The number of rotatable bonds is 7. The molecule has 1 atom stereocenters. The van der Waals surface area contributed by atoms with Gasteiger partial charge in [0, 0.05) is 5.56 Å². The minimum atomic E-state index is -0.416. The van der Waals surface area contributed by atoms with Crippen LogP contribution < -0.4 is 15.6 Å². The number of amides is 2. The summed E-state index contributed by atoms with van der Waals surface area (Å²) in [7, 11) is 0. The predicted octanol–water partition coefficient (Wildman–Crippen LogP) is 4.16. The van der Waals surface area contributed by atoms with Crippen molar-refractivity contribution in [2.24, 2.45) is 0 Å². The molecule has 0 aromatic heterocycles. The molecular formula is C22H28N2O3. The molecule has 0 spiro atoms. The topological polar surface area (TPSA) is 67.4 Å². The van der Waals surface area contributed by atoms with Gasteiger partial charge < -0.3 is 4.74 Å². The Morgan fingerprint density at radius 1 is 0.963 bits per heavy atom. The number of hydrazine groups is 1. The number of carbonyl (C=O) groups excluding carboxylic acids is 2. The van der Waals surface area contributed by atoms with Crippen molar-refractivity contribution in [3.8, 4) is 5.75 Å². The summed E-state index contributed by atoms with van der Waals surface area (Å²) < 4.78 is 5.64. The maximum absolute atomic E-state index is 12.1. The molecule has 0 fully saturated rings. The summed E-state index contributed by atoms with van der Waals surface area (Å²) in [6.45, 7) is 8.24. The Hall–Kier alpha value is -2.82. The average molecular weight is 368 g/mol. The highest BCUT2D eigenvalue weighted by atomic mass is 16.5. The number of hydrogen-bond acceptors (Lipinski definition) is 3. The van der Waals surface area contributed by atoms with Crippen LogP contribution in [0.5, 0.6) is 5.75 Å². The minimum Gasteiger partial charge on any atom is -0.483 e. The molecule has 1 unspecified atom stereocenters. The second-order valence-corrected chi connectivity index (χ2v) is 6.91. The number of carbonyl (C=O) groups is 2. The van der Waals surface area contributed by atoms with Gasteiger partial charge in [0.25, 0.3) is 11.8 Å². The van der Waals surface area contributed by atoms with Crippen molar-refractivity contribution >= 4 is 11.8 Å². The third-order valence-electron chi connectivity index (χ3n) is 4.58. The Kier molecular flexibility index (Phi) is 7.41. The Balaban J connectivity index is 1.85. The maximum Gasteiger partial charge on any atom is 0.276 e. The lowest BCUT2D eigenvalue weighted by atomic mass is 9.98. The van der Waals surface area contributed by atoms with E-state index >= 15 is 0 Å². The van der Waals surface area contributed by atoms with Crippen LogP contribution in [0.1, 0.15) is 67.4 Å². The van der Waals surface area contributed by atoms with Gasteiger partial charge >= 0.3 is 0 Å². The van der Waals surface area contributed by atoms with E-state index in [-0.39, 0.29) is 12.5 Å². The lowest BCUT2D eigenvalue weighted by Gasteiger charge is -2.15. The Bertz CT molecular complexity index is 769. The molecule has 2 rings (SSSR count). The van der Waals surface area contributed by atoms with Gasteiger partial charge in [0.15, 0.2) is 6.61 Å². The van der Waals surface area contributed by atoms with E-state index < -0.39 is 5.91 Å². The molecule has 2 aromatic carbocycles. The smallest absolute Gasteiger partial charge is 0.276 e. The summed E-state index contributed by atoms with van der Waals surface area (Å²) in [6, 6.07) is 15.0. The molecule has 0 aliphatic heterocycles.